The maximum Gasteiger partial charge on any atom is 0.228 e. The predicted molar refractivity (Wildman–Crippen MR) is 90.6 cm³/mol. The third kappa shape index (κ3) is 4.92. The Balaban J connectivity index is 1.89. The molecule has 0 radical (unpaired) electrons. The molecule has 2 rings (SSSR count). The summed E-state index contributed by atoms with van der Waals surface area (Å²) in [6.07, 6.45) is 1.88. The molecule has 8 heteroatoms. The van der Waals surface area contributed by atoms with Crippen molar-refractivity contribution in [3.05, 3.63) is 29.8 Å². The van der Waals surface area contributed by atoms with Crippen LogP contribution in [0.3, 0.4) is 0 Å². The lowest BCUT2D eigenvalue weighted by Gasteiger charge is -2.15. The van der Waals surface area contributed by atoms with Gasteiger partial charge in [0.05, 0.1) is 6.04 Å². The molecule has 1 aromatic carbocycles. The quantitative estimate of drug-likeness (QED) is 0.592. The summed E-state index contributed by atoms with van der Waals surface area (Å²) in [5.41, 5.74) is 6.71. The zero-order valence-electron chi connectivity index (χ0n) is 12.4. The molecule has 0 aliphatic heterocycles. The van der Waals surface area contributed by atoms with Crippen LogP contribution < -0.4 is 15.8 Å². The molecule has 6 nitrogen and oxygen atoms in total. The first-order valence-electron chi connectivity index (χ1n) is 6.70. The van der Waals surface area contributed by atoms with Crippen LogP contribution in [0.2, 0.25) is 0 Å². The maximum absolute atomic E-state index is 5.75. The second-order valence-electron chi connectivity index (χ2n) is 4.64. The highest BCUT2D eigenvalue weighted by atomic mass is 35.5. The van der Waals surface area contributed by atoms with Gasteiger partial charge in [-0.1, -0.05) is 23.9 Å². The molecule has 1 unspecified atom stereocenters. The van der Waals surface area contributed by atoms with Gasteiger partial charge in [0.15, 0.2) is 5.16 Å². The van der Waals surface area contributed by atoms with Gasteiger partial charge in [0, 0.05) is 5.88 Å². The zero-order chi connectivity index (χ0) is 15.9. The van der Waals surface area contributed by atoms with Crippen LogP contribution in [0.25, 0.3) is 0 Å². The summed E-state index contributed by atoms with van der Waals surface area (Å²) in [5.74, 6) is 1.94. The Kier molecular flexibility index (Phi) is 6.09. The summed E-state index contributed by atoms with van der Waals surface area (Å²) in [6.45, 7) is 2.45. The molecule has 0 bridgehead atoms. The highest BCUT2D eigenvalue weighted by Gasteiger charge is 2.08. The molecule has 0 aliphatic carbocycles. The van der Waals surface area contributed by atoms with E-state index in [2.05, 4.69) is 20.3 Å². The van der Waals surface area contributed by atoms with Gasteiger partial charge >= 0.3 is 0 Å². The number of alkyl halides is 1. The van der Waals surface area contributed by atoms with Crippen molar-refractivity contribution in [2.24, 2.45) is 0 Å². The van der Waals surface area contributed by atoms with Gasteiger partial charge in [0.25, 0.3) is 0 Å². The van der Waals surface area contributed by atoms with Crippen molar-refractivity contribution in [3.63, 3.8) is 0 Å². The molecule has 0 saturated carbocycles. The normalized spacial score (nSPS) is 12.0. The number of thioether (sulfide) groups is 1. The van der Waals surface area contributed by atoms with Crippen LogP contribution >= 0.6 is 23.4 Å². The van der Waals surface area contributed by atoms with Gasteiger partial charge < -0.3 is 15.8 Å². The van der Waals surface area contributed by atoms with Crippen molar-refractivity contribution in [2.45, 2.75) is 24.0 Å². The third-order valence-electron chi connectivity index (χ3n) is 2.77. The van der Waals surface area contributed by atoms with E-state index in [1.165, 1.54) is 11.8 Å². The molecule has 1 atom stereocenters. The fraction of sp³-hybridized carbons (Fsp3) is 0.357. The summed E-state index contributed by atoms with van der Waals surface area (Å²) >= 11 is 7.17. The Morgan fingerprint density at radius 1 is 1.27 bits per heavy atom. The number of nitrogens with one attached hydrogen (secondary N) is 1. The first-order chi connectivity index (χ1) is 10.6. The van der Waals surface area contributed by atoms with E-state index in [0.717, 1.165) is 11.3 Å². The van der Waals surface area contributed by atoms with Crippen molar-refractivity contribution in [3.8, 4) is 5.75 Å². The molecule has 118 valence electrons. The van der Waals surface area contributed by atoms with Gasteiger partial charge in [-0.25, -0.2) is 0 Å². The smallest absolute Gasteiger partial charge is 0.228 e. The molecule has 0 aliphatic rings. The Hall–Kier alpha value is -1.73. The van der Waals surface area contributed by atoms with Crippen molar-refractivity contribution >= 4 is 35.3 Å². The number of hydrogen-bond acceptors (Lipinski definition) is 7. The van der Waals surface area contributed by atoms with E-state index in [1.54, 1.807) is 0 Å². The molecule has 2 aromatic rings. The fourth-order valence-electron chi connectivity index (χ4n) is 1.69. The minimum atomic E-state index is 0.0178. The lowest BCUT2D eigenvalue weighted by molar-refractivity contribution is 0.303. The molecular weight excluding hydrogens is 322 g/mol. The number of rotatable bonds is 7. The third-order valence-corrected chi connectivity index (χ3v) is 3.62. The molecule has 22 heavy (non-hydrogen) atoms. The van der Waals surface area contributed by atoms with Crippen LogP contribution in [0.1, 0.15) is 12.5 Å². The molecule has 0 spiro atoms. The van der Waals surface area contributed by atoms with E-state index in [9.17, 15) is 0 Å². The largest absolute Gasteiger partial charge is 0.491 e. The predicted octanol–water partition coefficient (Wildman–Crippen LogP) is 2.79. The van der Waals surface area contributed by atoms with Crippen LogP contribution in [-0.2, 0) is 5.88 Å². The van der Waals surface area contributed by atoms with Crippen molar-refractivity contribution in [1.29, 1.82) is 0 Å². The first-order valence-corrected chi connectivity index (χ1v) is 8.46. The van der Waals surface area contributed by atoms with E-state index >= 15 is 0 Å². The van der Waals surface area contributed by atoms with Crippen LogP contribution in [0, 0.1) is 0 Å². The molecule has 0 saturated heterocycles. The molecule has 1 heterocycles. The number of hydrogen-bond donors (Lipinski definition) is 2. The van der Waals surface area contributed by atoms with E-state index < -0.39 is 0 Å². The number of nitrogen functional groups attached to an aromatic ring is 1. The number of benzene rings is 1. The standard InChI is InChI=1S/C14H18ClN5OS/c1-9(8-21-11-5-3-10(7-15)4-6-11)17-13-18-12(16)19-14(20-13)22-2/h3-6,9H,7-8H2,1-2H3,(H3,16,17,18,19,20). The van der Waals surface area contributed by atoms with E-state index in [0.29, 0.717) is 23.6 Å². The second-order valence-corrected chi connectivity index (χ2v) is 5.68. The van der Waals surface area contributed by atoms with Crippen LogP contribution in [-0.4, -0.2) is 33.9 Å². The minimum Gasteiger partial charge on any atom is -0.491 e. The summed E-state index contributed by atoms with van der Waals surface area (Å²) in [5, 5.41) is 3.73. The van der Waals surface area contributed by atoms with Crippen LogP contribution in [0.15, 0.2) is 29.4 Å². The van der Waals surface area contributed by atoms with Gasteiger partial charge in [-0.2, -0.15) is 15.0 Å². The second kappa shape index (κ2) is 8.05. The van der Waals surface area contributed by atoms with Crippen molar-refractivity contribution in [2.75, 3.05) is 23.9 Å². The molecule has 3 N–H and O–H groups in total. The average molecular weight is 340 g/mol. The number of anilines is 2. The SMILES string of the molecule is CSc1nc(N)nc(NC(C)COc2ccc(CCl)cc2)n1. The summed E-state index contributed by atoms with van der Waals surface area (Å²) in [7, 11) is 0. The van der Waals surface area contributed by atoms with Crippen molar-refractivity contribution < 1.29 is 4.74 Å². The molecular formula is C14H18ClN5OS. The lowest BCUT2D eigenvalue weighted by Crippen LogP contribution is -2.25. The van der Waals surface area contributed by atoms with E-state index in [-0.39, 0.29) is 12.0 Å². The summed E-state index contributed by atoms with van der Waals surface area (Å²) in [4.78, 5) is 12.3. The molecule has 0 amide bonds. The number of ether oxygens (including phenoxy) is 1. The lowest BCUT2D eigenvalue weighted by atomic mass is 10.2. The fourth-order valence-corrected chi connectivity index (χ4v) is 2.23. The monoisotopic (exact) mass is 339 g/mol. The topological polar surface area (TPSA) is 86.0 Å². The first kappa shape index (κ1) is 16.6. The van der Waals surface area contributed by atoms with Gasteiger partial charge in [-0.15, -0.1) is 11.6 Å². The summed E-state index contributed by atoms with van der Waals surface area (Å²) in [6, 6.07) is 7.70. The average Bonchev–Trinajstić information content (AvgIpc) is 2.52. The van der Waals surface area contributed by atoms with Gasteiger partial charge in [0.2, 0.25) is 11.9 Å². The Morgan fingerprint density at radius 2 is 2.00 bits per heavy atom. The van der Waals surface area contributed by atoms with Gasteiger partial charge in [-0.3, -0.25) is 0 Å². The zero-order valence-corrected chi connectivity index (χ0v) is 14.0. The van der Waals surface area contributed by atoms with Crippen LogP contribution in [0.5, 0.6) is 5.75 Å². The minimum absolute atomic E-state index is 0.0178. The maximum atomic E-state index is 5.75. The van der Waals surface area contributed by atoms with Crippen molar-refractivity contribution in [1.82, 2.24) is 15.0 Å². The number of halogens is 1. The Bertz CT molecular complexity index is 611. The van der Waals surface area contributed by atoms with Gasteiger partial charge in [-0.05, 0) is 30.9 Å². The van der Waals surface area contributed by atoms with Gasteiger partial charge in [0.1, 0.15) is 12.4 Å². The molecule has 0 fully saturated rings. The summed E-state index contributed by atoms with van der Waals surface area (Å²) < 4.78 is 5.71. The Labute approximate surface area is 138 Å². The highest BCUT2D eigenvalue weighted by molar-refractivity contribution is 7.98. The number of nitrogens with zero attached hydrogens (tertiary/aromatic N) is 3. The number of aromatic nitrogens is 3. The Morgan fingerprint density at radius 3 is 2.64 bits per heavy atom. The number of nitrogens with two attached hydrogens (primary N) is 1. The highest BCUT2D eigenvalue weighted by Crippen LogP contribution is 2.15. The van der Waals surface area contributed by atoms with E-state index in [1.807, 2.05) is 37.4 Å². The van der Waals surface area contributed by atoms with E-state index in [4.69, 9.17) is 22.1 Å². The molecule has 1 aromatic heterocycles. The van der Waals surface area contributed by atoms with Crippen LogP contribution in [0.4, 0.5) is 11.9 Å².